The summed E-state index contributed by atoms with van der Waals surface area (Å²) in [6.07, 6.45) is 0.440. The summed E-state index contributed by atoms with van der Waals surface area (Å²) in [4.78, 5) is 43.8. The largest absolute Gasteiger partial charge is 0.477 e. The Morgan fingerprint density at radius 2 is 1.78 bits per heavy atom. The van der Waals surface area contributed by atoms with E-state index in [1.165, 1.54) is 12.1 Å². The van der Waals surface area contributed by atoms with Gasteiger partial charge in [0.15, 0.2) is 5.60 Å². The SMILES string of the molecule is CCC(CC)(Oc1ccc(Cl)cc1[C@@H]1CC(=O)N[C@H](c2cc(F)ccc2C)[C@@]12C(=O)Nc1cc(Cl)ccc12)C(=O)N1CC[C@H](O)C1. The lowest BCUT2D eigenvalue weighted by molar-refractivity contribution is -0.148. The molecule has 0 aromatic heterocycles. The van der Waals surface area contributed by atoms with E-state index in [2.05, 4.69) is 10.6 Å². The predicted octanol–water partition coefficient (Wildman–Crippen LogP) is 6.21. The maximum atomic E-state index is 14.8. The van der Waals surface area contributed by atoms with E-state index >= 15 is 0 Å². The van der Waals surface area contributed by atoms with Crippen LogP contribution in [-0.4, -0.2) is 52.5 Å². The molecule has 0 bridgehead atoms. The van der Waals surface area contributed by atoms with Crippen molar-refractivity contribution in [1.29, 1.82) is 0 Å². The molecule has 3 amide bonds. The standard InChI is InChI=1S/C35H36Cl2FN3O5/c1-4-34(5-2,33(45)41-13-12-23(42)18-41)46-29-11-8-20(36)14-25(29)27-17-30(43)40-31(24-16-22(38)9-6-19(24)3)35(27)26-10-7-21(37)15-28(26)39-32(35)44/h6-11,14-16,23,27,31,42H,4-5,12-13,17-18H2,1-3H3,(H,39,44)(H,40,43)/t23-,27-,31+,35-/m0/s1. The van der Waals surface area contributed by atoms with Crippen LogP contribution in [0.2, 0.25) is 10.0 Å². The molecule has 0 unspecified atom stereocenters. The number of anilines is 1. The maximum absolute atomic E-state index is 14.8. The summed E-state index contributed by atoms with van der Waals surface area (Å²) in [5.41, 5.74) is -0.0522. The fourth-order valence-electron chi connectivity index (χ4n) is 7.49. The second kappa shape index (κ2) is 12.2. The normalized spacial score (nSPS) is 24.2. The number of fused-ring (bicyclic) bond motifs is 2. The van der Waals surface area contributed by atoms with Crippen molar-refractivity contribution < 1.29 is 28.6 Å². The molecule has 3 heterocycles. The summed E-state index contributed by atoms with van der Waals surface area (Å²) < 4.78 is 21.6. The van der Waals surface area contributed by atoms with Gasteiger partial charge in [-0.05, 0) is 85.3 Å². The molecular weight excluding hydrogens is 632 g/mol. The number of rotatable bonds is 7. The third-order valence-corrected chi connectivity index (χ3v) is 10.4. The van der Waals surface area contributed by atoms with E-state index in [0.717, 1.165) is 0 Å². The Morgan fingerprint density at radius 3 is 2.48 bits per heavy atom. The second-order valence-electron chi connectivity index (χ2n) is 12.5. The number of nitrogens with zero attached hydrogens (tertiary/aromatic N) is 1. The van der Waals surface area contributed by atoms with Crippen LogP contribution in [0.5, 0.6) is 5.75 Å². The minimum absolute atomic E-state index is 0.117. The third kappa shape index (κ3) is 5.22. The molecule has 1 spiro atoms. The molecule has 0 aliphatic carbocycles. The van der Waals surface area contributed by atoms with Crippen LogP contribution in [0.3, 0.4) is 0 Å². The number of nitrogens with one attached hydrogen (secondary N) is 2. The number of piperidine rings is 1. The Hall–Kier alpha value is -3.66. The minimum Gasteiger partial charge on any atom is -0.477 e. The highest BCUT2D eigenvalue weighted by Gasteiger charge is 2.62. The molecule has 242 valence electrons. The molecule has 4 atom stereocenters. The van der Waals surface area contributed by atoms with E-state index in [1.54, 1.807) is 54.3 Å². The molecule has 11 heteroatoms. The van der Waals surface area contributed by atoms with Crippen molar-refractivity contribution in [3.8, 4) is 5.75 Å². The number of likely N-dealkylation sites (tertiary alicyclic amines) is 1. The molecule has 2 fully saturated rings. The molecule has 8 nitrogen and oxygen atoms in total. The number of aliphatic hydroxyl groups excluding tert-OH is 1. The van der Waals surface area contributed by atoms with Gasteiger partial charge in [-0.1, -0.05) is 49.2 Å². The predicted molar refractivity (Wildman–Crippen MR) is 174 cm³/mol. The lowest BCUT2D eigenvalue weighted by Gasteiger charge is -2.47. The molecule has 3 aliphatic heterocycles. The summed E-state index contributed by atoms with van der Waals surface area (Å²) >= 11 is 13.0. The summed E-state index contributed by atoms with van der Waals surface area (Å²) in [5, 5.41) is 16.9. The van der Waals surface area contributed by atoms with Crippen LogP contribution in [0.15, 0.2) is 54.6 Å². The van der Waals surface area contributed by atoms with E-state index < -0.39 is 40.8 Å². The summed E-state index contributed by atoms with van der Waals surface area (Å²) in [6.45, 7) is 6.17. The van der Waals surface area contributed by atoms with E-state index in [4.69, 9.17) is 27.9 Å². The van der Waals surface area contributed by atoms with Crippen LogP contribution in [0.25, 0.3) is 0 Å². The van der Waals surface area contributed by atoms with Gasteiger partial charge in [0.05, 0.1) is 12.1 Å². The Kier molecular flexibility index (Phi) is 8.54. The number of aryl methyl sites for hydroxylation is 1. The van der Waals surface area contributed by atoms with Crippen LogP contribution < -0.4 is 15.4 Å². The number of ether oxygens (including phenoxy) is 1. The van der Waals surface area contributed by atoms with Crippen molar-refractivity contribution in [2.75, 3.05) is 18.4 Å². The van der Waals surface area contributed by atoms with Gasteiger partial charge in [-0.15, -0.1) is 0 Å². The van der Waals surface area contributed by atoms with Gasteiger partial charge < -0.3 is 25.4 Å². The van der Waals surface area contributed by atoms with E-state index in [1.807, 2.05) is 13.8 Å². The lowest BCUT2D eigenvalue weighted by atomic mass is 9.59. The fraction of sp³-hybridized carbons (Fsp3) is 0.400. The van der Waals surface area contributed by atoms with Gasteiger partial charge in [0, 0.05) is 46.7 Å². The van der Waals surface area contributed by atoms with Crippen LogP contribution in [0.4, 0.5) is 10.1 Å². The van der Waals surface area contributed by atoms with Crippen molar-refractivity contribution in [2.45, 2.75) is 75.5 Å². The van der Waals surface area contributed by atoms with Crippen molar-refractivity contribution in [1.82, 2.24) is 10.2 Å². The van der Waals surface area contributed by atoms with Gasteiger partial charge in [-0.2, -0.15) is 0 Å². The van der Waals surface area contributed by atoms with Crippen molar-refractivity contribution in [3.05, 3.63) is 92.7 Å². The smallest absolute Gasteiger partial charge is 0.266 e. The Balaban J connectivity index is 1.56. The molecule has 2 saturated heterocycles. The van der Waals surface area contributed by atoms with Crippen molar-refractivity contribution >= 4 is 46.6 Å². The second-order valence-corrected chi connectivity index (χ2v) is 13.3. The van der Waals surface area contributed by atoms with Gasteiger partial charge in [0.25, 0.3) is 5.91 Å². The number of carbonyl (C=O) groups excluding carboxylic acids is 3. The summed E-state index contributed by atoms with van der Waals surface area (Å²) in [5.74, 6) is -2.02. The average Bonchev–Trinajstić information content (AvgIpc) is 3.58. The number of benzene rings is 3. The number of β-amino-alcohol motifs (C(OH)–C–C–N with tert-alkyl or cyclic N) is 1. The molecule has 0 radical (unpaired) electrons. The quantitative estimate of drug-likeness (QED) is 0.278. The van der Waals surface area contributed by atoms with Gasteiger partial charge in [0.1, 0.15) is 17.0 Å². The first kappa shape index (κ1) is 32.3. The van der Waals surface area contributed by atoms with Gasteiger partial charge in [-0.3, -0.25) is 14.4 Å². The first-order valence-electron chi connectivity index (χ1n) is 15.6. The Morgan fingerprint density at radius 1 is 1.07 bits per heavy atom. The molecule has 0 saturated carbocycles. The average molecular weight is 669 g/mol. The molecule has 46 heavy (non-hydrogen) atoms. The zero-order valence-electron chi connectivity index (χ0n) is 25.8. The molecule has 3 aromatic rings. The number of aliphatic hydroxyl groups is 1. The van der Waals surface area contributed by atoms with E-state index in [0.29, 0.717) is 69.5 Å². The topological polar surface area (TPSA) is 108 Å². The van der Waals surface area contributed by atoms with Gasteiger partial charge in [-0.25, -0.2) is 4.39 Å². The molecule has 3 aromatic carbocycles. The molecule has 3 N–H and O–H groups in total. The van der Waals surface area contributed by atoms with Crippen LogP contribution in [0, 0.1) is 12.7 Å². The summed E-state index contributed by atoms with van der Waals surface area (Å²) in [7, 11) is 0. The molecule has 6 rings (SSSR count). The highest BCUT2D eigenvalue weighted by molar-refractivity contribution is 6.31. The van der Waals surface area contributed by atoms with Crippen molar-refractivity contribution in [3.63, 3.8) is 0 Å². The fourth-order valence-corrected chi connectivity index (χ4v) is 7.85. The number of hydrogen-bond acceptors (Lipinski definition) is 5. The number of hydrogen-bond donors (Lipinski definition) is 3. The minimum atomic E-state index is -1.47. The summed E-state index contributed by atoms with van der Waals surface area (Å²) in [6, 6.07) is 13.4. The zero-order valence-corrected chi connectivity index (χ0v) is 27.3. The number of carbonyl (C=O) groups is 3. The first-order valence-corrected chi connectivity index (χ1v) is 16.3. The van der Waals surface area contributed by atoms with Crippen LogP contribution >= 0.6 is 23.2 Å². The van der Waals surface area contributed by atoms with Gasteiger partial charge in [0.2, 0.25) is 11.8 Å². The Bertz CT molecular complexity index is 1730. The molecular formula is C35H36Cl2FN3O5. The van der Waals surface area contributed by atoms with Crippen LogP contribution in [0.1, 0.15) is 73.7 Å². The highest BCUT2D eigenvalue weighted by Crippen LogP contribution is 2.59. The number of halogens is 3. The zero-order chi connectivity index (χ0) is 33.0. The first-order chi connectivity index (χ1) is 21.9. The third-order valence-electron chi connectivity index (χ3n) is 9.94. The van der Waals surface area contributed by atoms with Crippen LogP contribution in [-0.2, 0) is 19.8 Å². The van der Waals surface area contributed by atoms with Gasteiger partial charge >= 0.3 is 0 Å². The highest BCUT2D eigenvalue weighted by atomic mass is 35.5. The monoisotopic (exact) mass is 667 g/mol. The lowest BCUT2D eigenvalue weighted by Crippen LogP contribution is -2.57. The number of amides is 3. The van der Waals surface area contributed by atoms with E-state index in [-0.39, 0.29) is 24.8 Å². The van der Waals surface area contributed by atoms with Crippen molar-refractivity contribution in [2.24, 2.45) is 0 Å². The van der Waals surface area contributed by atoms with E-state index in [9.17, 15) is 23.9 Å². The maximum Gasteiger partial charge on any atom is 0.266 e. The Labute approximate surface area is 277 Å². The molecule has 3 aliphatic rings.